The minimum absolute atomic E-state index is 0.0571. The third-order valence-corrected chi connectivity index (χ3v) is 4.18. The van der Waals surface area contributed by atoms with E-state index in [0.717, 1.165) is 22.4 Å². The molecule has 0 saturated heterocycles. The molecule has 0 saturated carbocycles. The molecule has 20 heavy (non-hydrogen) atoms. The van der Waals surface area contributed by atoms with Gasteiger partial charge in [-0.25, -0.2) is 4.98 Å². The number of benzene rings is 2. The molecule has 1 N–H and O–H groups in total. The fraction of sp³-hybridized carbons (Fsp3) is 0.133. The average molecular weight is 323 g/mol. The van der Waals surface area contributed by atoms with Gasteiger partial charge in [-0.3, -0.25) is 0 Å². The van der Waals surface area contributed by atoms with Crippen molar-refractivity contribution in [1.82, 2.24) is 9.97 Å². The maximum absolute atomic E-state index is 6.18. The highest BCUT2D eigenvalue weighted by molar-refractivity contribution is 7.80. The van der Waals surface area contributed by atoms with E-state index >= 15 is 0 Å². The number of nitrogens with zero attached hydrogens (tertiary/aromatic N) is 1. The standard InChI is InChI=1S/C15H12Cl2N2S/c16-10-5-6-11(17)9(7-10)8-14(20)15-18-12-3-1-2-4-13(12)19-15/h1-7,14,20H,8H2,(H,18,19)/t14-/m0/s1. The van der Waals surface area contributed by atoms with Crippen molar-refractivity contribution in [3.05, 3.63) is 63.9 Å². The average Bonchev–Trinajstić information content (AvgIpc) is 2.87. The number of halogens is 2. The molecule has 0 radical (unpaired) electrons. The smallest absolute Gasteiger partial charge is 0.120 e. The Bertz CT molecular complexity index is 721. The number of fused-ring (bicyclic) bond motifs is 1. The van der Waals surface area contributed by atoms with Crippen LogP contribution < -0.4 is 0 Å². The molecule has 0 amide bonds. The van der Waals surface area contributed by atoms with Gasteiger partial charge in [-0.2, -0.15) is 12.6 Å². The van der Waals surface area contributed by atoms with Crippen molar-refractivity contribution < 1.29 is 0 Å². The molecule has 0 aliphatic rings. The van der Waals surface area contributed by atoms with Crippen molar-refractivity contribution in [1.29, 1.82) is 0 Å². The zero-order valence-electron chi connectivity index (χ0n) is 10.5. The molecule has 1 atom stereocenters. The molecular formula is C15H12Cl2N2S. The lowest BCUT2D eigenvalue weighted by molar-refractivity contribution is 0.872. The van der Waals surface area contributed by atoms with Gasteiger partial charge in [-0.05, 0) is 42.3 Å². The third kappa shape index (κ3) is 2.80. The Balaban J connectivity index is 1.88. The number of para-hydroxylation sites is 2. The van der Waals surface area contributed by atoms with Crippen LogP contribution in [0.25, 0.3) is 11.0 Å². The van der Waals surface area contributed by atoms with Crippen LogP contribution in [0.2, 0.25) is 10.0 Å². The Morgan fingerprint density at radius 2 is 1.95 bits per heavy atom. The highest BCUT2D eigenvalue weighted by Crippen LogP contribution is 2.29. The monoisotopic (exact) mass is 322 g/mol. The molecule has 3 aromatic rings. The third-order valence-electron chi connectivity index (χ3n) is 3.14. The molecule has 1 aromatic heterocycles. The van der Waals surface area contributed by atoms with Gasteiger partial charge in [0, 0.05) is 10.0 Å². The van der Waals surface area contributed by atoms with Crippen molar-refractivity contribution in [3.63, 3.8) is 0 Å². The van der Waals surface area contributed by atoms with Crippen LogP contribution in [0.15, 0.2) is 42.5 Å². The largest absolute Gasteiger partial charge is 0.341 e. The summed E-state index contributed by atoms with van der Waals surface area (Å²) in [5, 5.41) is 1.32. The minimum Gasteiger partial charge on any atom is -0.341 e. The van der Waals surface area contributed by atoms with Crippen LogP contribution in [0.3, 0.4) is 0 Å². The molecular weight excluding hydrogens is 311 g/mol. The van der Waals surface area contributed by atoms with Gasteiger partial charge in [-0.1, -0.05) is 35.3 Å². The first-order valence-electron chi connectivity index (χ1n) is 6.20. The Hall–Kier alpha value is -1.16. The fourth-order valence-electron chi connectivity index (χ4n) is 2.14. The lowest BCUT2D eigenvalue weighted by atomic mass is 10.1. The molecule has 1 heterocycles. The number of aromatic amines is 1. The first-order chi connectivity index (χ1) is 9.63. The van der Waals surface area contributed by atoms with Crippen molar-refractivity contribution in [2.24, 2.45) is 0 Å². The maximum Gasteiger partial charge on any atom is 0.120 e. The van der Waals surface area contributed by atoms with Crippen molar-refractivity contribution in [2.75, 3.05) is 0 Å². The summed E-state index contributed by atoms with van der Waals surface area (Å²) in [5.41, 5.74) is 2.93. The van der Waals surface area contributed by atoms with E-state index in [1.54, 1.807) is 12.1 Å². The lowest BCUT2D eigenvalue weighted by Gasteiger charge is -2.09. The number of thiol groups is 1. The van der Waals surface area contributed by atoms with Crippen molar-refractivity contribution >= 4 is 46.9 Å². The van der Waals surface area contributed by atoms with Crippen LogP contribution >= 0.6 is 35.8 Å². The SMILES string of the molecule is S[C@@H](Cc1cc(Cl)ccc1Cl)c1nc2ccccc2[nH]1. The molecule has 0 unspecified atom stereocenters. The highest BCUT2D eigenvalue weighted by atomic mass is 35.5. The van der Waals surface area contributed by atoms with E-state index in [0.29, 0.717) is 16.5 Å². The summed E-state index contributed by atoms with van der Waals surface area (Å²) < 4.78 is 0. The van der Waals surface area contributed by atoms with E-state index in [2.05, 4.69) is 22.6 Å². The summed E-state index contributed by atoms with van der Waals surface area (Å²) in [6, 6.07) is 13.4. The molecule has 5 heteroatoms. The van der Waals surface area contributed by atoms with Gasteiger partial charge >= 0.3 is 0 Å². The quantitative estimate of drug-likeness (QED) is 0.646. The number of imidazole rings is 1. The highest BCUT2D eigenvalue weighted by Gasteiger charge is 2.14. The van der Waals surface area contributed by atoms with Crippen LogP contribution in [-0.2, 0) is 6.42 Å². The number of aromatic nitrogens is 2. The number of nitrogens with one attached hydrogen (secondary N) is 1. The summed E-state index contributed by atoms with van der Waals surface area (Å²) in [6.45, 7) is 0. The Labute approximate surface area is 132 Å². The van der Waals surface area contributed by atoms with E-state index in [9.17, 15) is 0 Å². The van der Waals surface area contributed by atoms with Gasteiger partial charge < -0.3 is 4.98 Å². The summed E-state index contributed by atoms with van der Waals surface area (Å²) in [6.07, 6.45) is 0.669. The maximum atomic E-state index is 6.18. The molecule has 102 valence electrons. The summed E-state index contributed by atoms with van der Waals surface area (Å²) in [4.78, 5) is 7.84. The molecule has 2 nitrogen and oxygen atoms in total. The molecule has 3 rings (SSSR count). The van der Waals surface area contributed by atoms with Gasteiger partial charge in [0.05, 0.1) is 16.3 Å². The first-order valence-corrected chi connectivity index (χ1v) is 7.47. The Morgan fingerprint density at radius 1 is 1.15 bits per heavy atom. The zero-order chi connectivity index (χ0) is 14.1. The van der Waals surface area contributed by atoms with Gasteiger partial charge in [0.2, 0.25) is 0 Å². The second-order valence-corrected chi connectivity index (χ2v) is 6.06. The van der Waals surface area contributed by atoms with Gasteiger partial charge in [0.25, 0.3) is 0 Å². The fourth-order valence-corrected chi connectivity index (χ4v) is 2.84. The molecule has 0 aliphatic carbocycles. The van der Waals surface area contributed by atoms with Crippen LogP contribution in [0.1, 0.15) is 16.6 Å². The van der Waals surface area contributed by atoms with Crippen LogP contribution in [0, 0.1) is 0 Å². The lowest BCUT2D eigenvalue weighted by Crippen LogP contribution is -1.99. The van der Waals surface area contributed by atoms with Gasteiger partial charge in [0.1, 0.15) is 5.82 Å². The van der Waals surface area contributed by atoms with Crippen molar-refractivity contribution in [3.8, 4) is 0 Å². The van der Waals surface area contributed by atoms with Crippen LogP contribution in [0.4, 0.5) is 0 Å². The molecule has 0 aliphatic heterocycles. The summed E-state index contributed by atoms with van der Waals surface area (Å²) in [5.74, 6) is 0.838. The Morgan fingerprint density at radius 3 is 2.75 bits per heavy atom. The van der Waals surface area contributed by atoms with E-state index in [1.807, 2.05) is 30.3 Å². The summed E-state index contributed by atoms with van der Waals surface area (Å²) in [7, 11) is 0. The number of hydrogen-bond donors (Lipinski definition) is 2. The second kappa shape index (κ2) is 5.68. The topological polar surface area (TPSA) is 28.7 Å². The normalized spacial score (nSPS) is 12.8. The minimum atomic E-state index is -0.0571. The molecule has 2 aromatic carbocycles. The summed E-state index contributed by atoms with van der Waals surface area (Å²) >= 11 is 16.8. The molecule has 0 spiro atoms. The van der Waals surface area contributed by atoms with Crippen LogP contribution in [-0.4, -0.2) is 9.97 Å². The van der Waals surface area contributed by atoms with Crippen molar-refractivity contribution in [2.45, 2.75) is 11.7 Å². The van der Waals surface area contributed by atoms with E-state index in [1.165, 1.54) is 0 Å². The predicted octanol–water partition coefficient (Wildman–Crippen LogP) is 5.08. The first kappa shape index (κ1) is 13.8. The van der Waals surface area contributed by atoms with E-state index < -0.39 is 0 Å². The van der Waals surface area contributed by atoms with Gasteiger partial charge in [-0.15, -0.1) is 0 Å². The van der Waals surface area contributed by atoms with Gasteiger partial charge in [0.15, 0.2) is 0 Å². The molecule has 0 bridgehead atoms. The predicted molar refractivity (Wildman–Crippen MR) is 88.0 cm³/mol. The second-order valence-electron chi connectivity index (χ2n) is 4.59. The van der Waals surface area contributed by atoms with E-state index in [4.69, 9.17) is 23.2 Å². The zero-order valence-corrected chi connectivity index (χ0v) is 12.9. The molecule has 0 fully saturated rings. The number of H-pyrrole nitrogens is 1. The van der Waals surface area contributed by atoms with E-state index in [-0.39, 0.29) is 5.25 Å². The van der Waals surface area contributed by atoms with Crippen LogP contribution in [0.5, 0.6) is 0 Å². The number of hydrogen-bond acceptors (Lipinski definition) is 2. The number of rotatable bonds is 3. The Kier molecular flexibility index (Phi) is 3.92.